The second kappa shape index (κ2) is 7.28. The van der Waals surface area contributed by atoms with Crippen molar-refractivity contribution in [1.29, 1.82) is 0 Å². The normalized spacial score (nSPS) is 12.1. The van der Waals surface area contributed by atoms with Gasteiger partial charge in [-0.25, -0.2) is 0 Å². The van der Waals surface area contributed by atoms with Crippen molar-refractivity contribution >= 4 is 21.6 Å². The first kappa shape index (κ1) is 15.6. The summed E-state index contributed by atoms with van der Waals surface area (Å²) in [7, 11) is 0. The van der Waals surface area contributed by atoms with Crippen molar-refractivity contribution in [3.8, 4) is 0 Å². The van der Waals surface area contributed by atoms with Crippen LogP contribution in [-0.2, 0) is 6.42 Å². The molecule has 1 N–H and O–H groups in total. The van der Waals surface area contributed by atoms with E-state index in [-0.39, 0.29) is 16.7 Å². The maximum absolute atomic E-state index is 11.2. The van der Waals surface area contributed by atoms with Gasteiger partial charge in [-0.2, -0.15) is 0 Å². The van der Waals surface area contributed by atoms with Gasteiger partial charge in [-0.05, 0) is 28.0 Å². The number of likely N-dealkylation sites (N-methyl/N-ethyl adjacent to an activating group) is 1. The summed E-state index contributed by atoms with van der Waals surface area (Å²) in [4.78, 5) is 15.0. The van der Waals surface area contributed by atoms with E-state index in [2.05, 4.69) is 26.2 Å². The molecule has 0 saturated carbocycles. The summed E-state index contributed by atoms with van der Waals surface area (Å²) in [5, 5.41) is 14.5. The smallest absolute Gasteiger partial charge is 0.291 e. The summed E-state index contributed by atoms with van der Waals surface area (Å²) in [5.74, 6) is 0. The van der Waals surface area contributed by atoms with Gasteiger partial charge in [0.05, 0.1) is 4.92 Å². The summed E-state index contributed by atoms with van der Waals surface area (Å²) < 4.78 is 0.609. The summed E-state index contributed by atoms with van der Waals surface area (Å²) >= 11 is 3.22. The van der Waals surface area contributed by atoms with Crippen molar-refractivity contribution in [2.24, 2.45) is 0 Å². The van der Waals surface area contributed by atoms with Gasteiger partial charge >= 0.3 is 0 Å². The Hall–Kier alpha value is -1.79. The number of hydrogen-bond donors (Lipinski definition) is 1. The van der Waals surface area contributed by atoms with Crippen LogP contribution in [0.2, 0.25) is 0 Å². The molecule has 0 bridgehead atoms. The Morgan fingerprint density at radius 3 is 2.71 bits per heavy atom. The lowest BCUT2D eigenvalue weighted by molar-refractivity contribution is -0.386. The molecule has 1 heterocycles. The predicted octanol–water partition coefficient (Wildman–Crippen LogP) is 3.65. The fourth-order valence-corrected chi connectivity index (χ4v) is 2.52. The van der Waals surface area contributed by atoms with E-state index in [1.54, 1.807) is 6.20 Å². The third-order valence-corrected chi connectivity index (χ3v) is 3.59. The quantitative estimate of drug-likeness (QED) is 0.638. The molecule has 0 aliphatic heterocycles. The molecule has 2 aromatic rings. The first-order chi connectivity index (χ1) is 10.1. The monoisotopic (exact) mass is 349 g/mol. The van der Waals surface area contributed by atoms with Crippen molar-refractivity contribution in [3.63, 3.8) is 0 Å². The maximum Gasteiger partial charge on any atom is 0.291 e. The van der Waals surface area contributed by atoms with Crippen molar-refractivity contribution < 1.29 is 4.92 Å². The molecule has 0 saturated heterocycles. The van der Waals surface area contributed by atoms with E-state index >= 15 is 0 Å². The minimum absolute atomic E-state index is 0.00331. The van der Waals surface area contributed by atoms with Gasteiger partial charge in [0.15, 0.2) is 0 Å². The van der Waals surface area contributed by atoms with E-state index in [0.717, 1.165) is 12.1 Å². The topological polar surface area (TPSA) is 68.1 Å². The van der Waals surface area contributed by atoms with Gasteiger partial charge in [0, 0.05) is 29.2 Å². The van der Waals surface area contributed by atoms with Crippen LogP contribution in [0.25, 0.3) is 0 Å². The zero-order valence-corrected chi connectivity index (χ0v) is 13.2. The minimum Gasteiger partial charge on any atom is -0.310 e. The molecular weight excluding hydrogens is 334 g/mol. The van der Waals surface area contributed by atoms with E-state index in [0.29, 0.717) is 16.6 Å². The van der Waals surface area contributed by atoms with Crippen LogP contribution < -0.4 is 5.32 Å². The SMILES string of the molecule is CCNC(Cc1ncc(Br)cc1[N+](=O)[O-])c1ccccc1. The fourth-order valence-electron chi connectivity index (χ4n) is 2.21. The van der Waals surface area contributed by atoms with Gasteiger partial charge in [-0.15, -0.1) is 0 Å². The first-order valence-corrected chi connectivity index (χ1v) is 7.48. The van der Waals surface area contributed by atoms with Crippen LogP contribution in [0, 0.1) is 10.1 Å². The molecule has 6 heteroatoms. The molecule has 0 amide bonds. The predicted molar refractivity (Wildman–Crippen MR) is 85.2 cm³/mol. The second-order valence-corrected chi connectivity index (χ2v) is 5.52. The van der Waals surface area contributed by atoms with Crippen LogP contribution in [0.3, 0.4) is 0 Å². The second-order valence-electron chi connectivity index (χ2n) is 4.60. The minimum atomic E-state index is -0.388. The van der Waals surface area contributed by atoms with Crippen LogP contribution >= 0.6 is 15.9 Å². The van der Waals surface area contributed by atoms with Gasteiger partial charge in [0.25, 0.3) is 5.69 Å². The highest BCUT2D eigenvalue weighted by molar-refractivity contribution is 9.10. The Balaban J connectivity index is 2.31. The highest BCUT2D eigenvalue weighted by Crippen LogP contribution is 2.26. The molecule has 0 aliphatic rings. The van der Waals surface area contributed by atoms with Crippen molar-refractivity contribution in [2.45, 2.75) is 19.4 Å². The van der Waals surface area contributed by atoms with E-state index < -0.39 is 0 Å². The highest BCUT2D eigenvalue weighted by Gasteiger charge is 2.20. The summed E-state index contributed by atoms with van der Waals surface area (Å²) in [6, 6.07) is 11.4. The van der Waals surface area contributed by atoms with Crippen LogP contribution in [0.1, 0.15) is 24.2 Å². The summed E-state index contributed by atoms with van der Waals surface area (Å²) in [6.45, 7) is 2.79. The molecule has 1 atom stereocenters. The Bertz CT molecular complexity index is 620. The average molecular weight is 350 g/mol. The number of aromatic nitrogens is 1. The largest absolute Gasteiger partial charge is 0.310 e. The molecule has 110 valence electrons. The van der Waals surface area contributed by atoms with Gasteiger partial charge in [-0.3, -0.25) is 15.1 Å². The average Bonchev–Trinajstić information content (AvgIpc) is 2.49. The third kappa shape index (κ3) is 4.09. The van der Waals surface area contributed by atoms with E-state index in [9.17, 15) is 10.1 Å². The molecule has 0 aliphatic carbocycles. The van der Waals surface area contributed by atoms with Gasteiger partial charge in [0.1, 0.15) is 5.69 Å². The molecule has 21 heavy (non-hydrogen) atoms. The van der Waals surface area contributed by atoms with Gasteiger partial charge < -0.3 is 5.32 Å². The van der Waals surface area contributed by atoms with E-state index in [4.69, 9.17) is 0 Å². The number of benzene rings is 1. The number of rotatable bonds is 6. The summed E-state index contributed by atoms with van der Waals surface area (Å²) in [6.07, 6.45) is 2.07. The molecule has 1 unspecified atom stereocenters. The molecule has 5 nitrogen and oxygen atoms in total. The fraction of sp³-hybridized carbons (Fsp3) is 0.267. The lowest BCUT2D eigenvalue weighted by Crippen LogP contribution is -2.23. The van der Waals surface area contributed by atoms with Crippen molar-refractivity contribution in [1.82, 2.24) is 10.3 Å². The van der Waals surface area contributed by atoms with Gasteiger partial charge in [0.2, 0.25) is 0 Å². The van der Waals surface area contributed by atoms with Crippen LogP contribution in [0.5, 0.6) is 0 Å². The van der Waals surface area contributed by atoms with Crippen LogP contribution in [0.15, 0.2) is 47.1 Å². The number of halogens is 1. The van der Waals surface area contributed by atoms with Crippen LogP contribution in [0.4, 0.5) is 5.69 Å². The molecule has 0 fully saturated rings. The number of hydrogen-bond acceptors (Lipinski definition) is 4. The van der Waals surface area contributed by atoms with Crippen molar-refractivity contribution in [3.05, 3.63) is 68.4 Å². The Labute approximate surface area is 131 Å². The third-order valence-electron chi connectivity index (χ3n) is 3.16. The Morgan fingerprint density at radius 1 is 1.38 bits per heavy atom. The zero-order chi connectivity index (χ0) is 15.2. The number of nitro groups is 1. The molecule has 1 aromatic heterocycles. The van der Waals surface area contributed by atoms with Crippen molar-refractivity contribution in [2.75, 3.05) is 6.54 Å². The lowest BCUT2D eigenvalue weighted by Gasteiger charge is -2.18. The number of nitrogens with one attached hydrogen (secondary N) is 1. The molecule has 0 spiro atoms. The first-order valence-electron chi connectivity index (χ1n) is 6.69. The van der Waals surface area contributed by atoms with E-state index in [1.807, 2.05) is 37.3 Å². The lowest BCUT2D eigenvalue weighted by atomic mass is 10.0. The standard InChI is InChI=1S/C15H16BrN3O2/c1-2-17-13(11-6-4-3-5-7-11)9-14-15(19(20)21)8-12(16)10-18-14/h3-8,10,13,17H,2,9H2,1H3. The van der Waals surface area contributed by atoms with Gasteiger partial charge in [-0.1, -0.05) is 37.3 Å². The molecule has 2 rings (SSSR count). The maximum atomic E-state index is 11.2. The summed E-state index contributed by atoms with van der Waals surface area (Å²) in [5.41, 5.74) is 1.62. The molecular formula is C15H16BrN3O2. The molecule has 1 aromatic carbocycles. The number of pyridine rings is 1. The highest BCUT2D eigenvalue weighted by atomic mass is 79.9. The van der Waals surface area contributed by atoms with E-state index in [1.165, 1.54) is 6.07 Å². The zero-order valence-electron chi connectivity index (χ0n) is 11.6. The number of nitrogens with zero attached hydrogens (tertiary/aromatic N) is 2. The molecule has 0 radical (unpaired) electrons. The Kier molecular flexibility index (Phi) is 5.41. The van der Waals surface area contributed by atoms with Crippen LogP contribution in [-0.4, -0.2) is 16.5 Å². The Morgan fingerprint density at radius 2 is 2.10 bits per heavy atom.